The van der Waals surface area contributed by atoms with Gasteiger partial charge in [-0.2, -0.15) is 0 Å². The molecule has 1 rings (SSSR count). The Kier molecular flexibility index (Phi) is 5.67. The number of hydrogen-bond acceptors (Lipinski definition) is 3. The van der Waals surface area contributed by atoms with Crippen molar-refractivity contribution < 1.29 is 9.53 Å². The van der Waals surface area contributed by atoms with Gasteiger partial charge in [-0.25, -0.2) is 4.79 Å². The molecular formula is C15H20N2O2. The van der Waals surface area contributed by atoms with Crippen LogP contribution >= 0.6 is 0 Å². The first-order valence-corrected chi connectivity index (χ1v) is 6.04. The van der Waals surface area contributed by atoms with Crippen molar-refractivity contribution in [3.63, 3.8) is 0 Å². The summed E-state index contributed by atoms with van der Waals surface area (Å²) in [6, 6.07) is 7.37. The first kappa shape index (κ1) is 14.8. The van der Waals surface area contributed by atoms with Gasteiger partial charge in [-0.1, -0.05) is 18.2 Å². The Labute approximate surface area is 114 Å². The summed E-state index contributed by atoms with van der Waals surface area (Å²) < 4.78 is 5.34. The lowest BCUT2D eigenvalue weighted by atomic mass is 10.3. The van der Waals surface area contributed by atoms with Crippen molar-refractivity contribution >= 4 is 11.8 Å². The standard InChI is InChI=1S/C15H20N2O2/c1-5-10-17(11-6-2)15(18)19-14-9-7-8-13(12-14)16(3)4/h5-9,12H,1-2,10-11H2,3-4H3. The molecule has 1 aromatic carbocycles. The highest BCUT2D eigenvalue weighted by atomic mass is 16.6. The molecule has 0 aliphatic rings. The van der Waals surface area contributed by atoms with E-state index in [1.54, 1.807) is 18.2 Å². The maximum atomic E-state index is 12.0. The average Bonchev–Trinajstić information content (AvgIpc) is 2.38. The molecule has 0 aliphatic heterocycles. The molecule has 102 valence electrons. The SMILES string of the molecule is C=CCN(CC=C)C(=O)Oc1cccc(N(C)C)c1. The zero-order valence-corrected chi connectivity index (χ0v) is 11.5. The second kappa shape index (κ2) is 7.26. The molecule has 0 atom stereocenters. The van der Waals surface area contributed by atoms with Crippen LogP contribution in [0, 0.1) is 0 Å². The molecule has 0 unspecified atom stereocenters. The van der Waals surface area contributed by atoms with E-state index in [2.05, 4.69) is 13.2 Å². The van der Waals surface area contributed by atoms with Gasteiger partial charge in [0.05, 0.1) is 0 Å². The van der Waals surface area contributed by atoms with Gasteiger partial charge in [-0.15, -0.1) is 13.2 Å². The number of rotatable bonds is 6. The van der Waals surface area contributed by atoms with E-state index in [-0.39, 0.29) is 0 Å². The number of carbonyl (C=O) groups excluding carboxylic acids is 1. The lowest BCUT2D eigenvalue weighted by Crippen LogP contribution is -2.33. The van der Waals surface area contributed by atoms with E-state index in [4.69, 9.17) is 4.74 Å². The zero-order chi connectivity index (χ0) is 14.3. The maximum Gasteiger partial charge on any atom is 0.415 e. The quantitative estimate of drug-likeness (QED) is 0.737. The Balaban J connectivity index is 2.76. The predicted octanol–water partition coefficient (Wildman–Crippen LogP) is 2.93. The third-order valence-corrected chi connectivity index (χ3v) is 2.50. The summed E-state index contributed by atoms with van der Waals surface area (Å²) >= 11 is 0. The molecule has 0 heterocycles. The van der Waals surface area contributed by atoms with Gasteiger partial charge in [-0.05, 0) is 12.1 Å². The number of anilines is 1. The van der Waals surface area contributed by atoms with Crippen LogP contribution in [0.2, 0.25) is 0 Å². The van der Waals surface area contributed by atoms with Crippen LogP contribution < -0.4 is 9.64 Å². The van der Waals surface area contributed by atoms with Gasteiger partial charge in [0.25, 0.3) is 0 Å². The molecule has 0 radical (unpaired) electrons. The van der Waals surface area contributed by atoms with E-state index in [0.717, 1.165) is 5.69 Å². The molecule has 0 spiro atoms. The zero-order valence-electron chi connectivity index (χ0n) is 11.5. The summed E-state index contributed by atoms with van der Waals surface area (Å²) in [7, 11) is 3.87. The summed E-state index contributed by atoms with van der Waals surface area (Å²) in [5.41, 5.74) is 0.976. The first-order chi connectivity index (χ1) is 9.08. The van der Waals surface area contributed by atoms with E-state index in [1.165, 1.54) is 4.90 Å². The van der Waals surface area contributed by atoms with E-state index in [0.29, 0.717) is 18.8 Å². The lowest BCUT2D eigenvalue weighted by Gasteiger charge is -2.19. The fourth-order valence-corrected chi connectivity index (χ4v) is 1.53. The van der Waals surface area contributed by atoms with E-state index in [9.17, 15) is 4.79 Å². The summed E-state index contributed by atoms with van der Waals surface area (Å²) in [5.74, 6) is 0.523. The topological polar surface area (TPSA) is 32.8 Å². The van der Waals surface area contributed by atoms with Gasteiger partial charge < -0.3 is 14.5 Å². The number of amides is 1. The smallest absolute Gasteiger partial charge is 0.410 e. The van der Waals surface area contributed by atoms with E-state index in [1.807, 2.05) is 37.2 Å². The summed E-state index contributed by atoms with van der Waals surface area (Å²) in [6.07, 6.45) is 2.90. The van der Waals surface area contributed by atoms with Gasteiger partial charge in [0, 0.05) is 38.9 Å². The molecule has 0 saturated heterocycles. The molecule has 0 saturated carbocycles. The summed E-state index contributed by atoms with van der Waals surface area (Å²) in [5, 5.41) is 0. The minimum Gasteiger partial charge on any atom is -0.410 e. The second-order valence-electron chi connectivity index (χ2n) is 4.24. The highest BCUT2D eigenvalue weighted by Gasteiger charge is 2.13. The molecule has 0 aliphatic carbocycles. The normalized spacial score (nSPS) is 9.58. The van der Waals surface area contributed by atoms with Crippen LogP contribution in [0.4, 0.5) is 10.5 Å². The fourth-order valence-electron chi connectivity index (χ4n) is 1.53. The minimum absolute atomic E-state index is 0.407. The number of carbonyl (C=O) groups is 1. The Hall–Kier alpha value is -2.23. The second-order valence-corrected chi connectivity index (χ2v) is 4.24. The van der Waals surface area contributed by atoms with Crippen LogP contribution in [0.5, 0.6) is 5.75 Å². The highest BCUT2D eigenvalue weighted by molar-refractivity contribution is 5.71. The van der Waals surface area contributed by atoms with E-state index >= 15 is 0 Å². The molecule has 0 bridgehead atoms. The number of ether oxygens (including phenoxy) is 1. The van der Waals surface area contributed by atoms with Crippen molar-refractivity contribution in [3.8, 4) is 5.75 Å². The van der Waals surface area contributed by atoms with Crippen molar-refractivity contribution in [1.82, 2.24) is 4.90 Å². The van der Waals surface area contributed by atoms with Gasteiger partial charge in [-0.3, -0.25) is 0 Å². The molecule has 4 heteroatoms. The van der Waals surface area contributed by atoms with Gasteiger partial charge in [0.2, 0.25) is 0 Å². The molecule has 1 amide bonds. The molecule has 19 heavy (non-hydrogen) atoms. The Morgan fingerprint density at radius 3 is 2.42 bits per heavy atom. The highest BCUT2D eigenvalue weighted by Crippen LogP contribution is 2.19. The molecule has 1 aromatic rings. The number of benzene rings is 1. The largest absolute Gasteiger partial charge is 0.415 e. The van der Waals surface area contributed by atoms with Crippen LogP contribution in [0.15, 0.2) is 49.6 Å². The molecular weight excluding hydrogens is 240 g/mol. The molecule has 0 fully saturated rings. The third-order valence-electron chi connectivity index (χ3n) is 2.50. The van der Waals surface area contributed by atoms with Crippen LogP contribution in [0.3, 0.4) is 0 Å². The van der Waals surface area contributed by atoms with Gasteiger partial charge in [0.15, 0.2) is 0 Å². The van der Waals surface area contributed by atoms with Crippen molar-refractivity contribution in [2.24, 2.45) is 0 Å². The summed E-state index contributed by atoms with van der Waals surface area (Å²) in [6.45, 7) is 8.10. The van der Waals surface area contributed by atoms with Crippen LogP contribution in [-0.2, 0) is 0 Å². The van der Waals surface area contributed by atoms with Crippen LogP contribution in [0.1, 0.15) is 0 Å². The van der Waals surface area contributed by atoms with Crippen molar-refractivity contribution in [2.45, 2.75) is 0 Å². The Morgan fingerprint density at radius 1 is 1.26 bits per heavy atom. The molecule has 4 nitrogen and oxygen atoms in total. The predicted molar refractivity (Wildman–Crippen MR) is 78.8 cm³/mol. The lowest BCUT2D eigenvalue weighted by molar-refractivity contribution is 0.162. The number of hydrogen-bond donors (Lipinski definition) is 0. The minimum atomic E-state index is -0.407. The van der Waals surface area contributed by atoms with Crippen molar-refractivity contribution in [1.29, 1.82) is 0 Å². The Morgan fingerprint density at radius 2 is 1.89 bits per heavy atom. The maximum absolute atomic E-state index is 12.0. The van der Waals surface area contributed by atoms with Crippen LogP contribution in [-0.4, -0.2) is 38.2 Å². The van der Waals surface area contributed by atoms with Crippen molar-refractivity contribution in [3.05, 3.63) is 49.6 Å². The molecule has 0 aromatic heterocycles. The number of nitrogens with zero attached hydrogens (tertiary/aromatic N) is 2. The monoisotopic (exact) mass is 260 g/mol. The third kappa shape index (κ3) is 4.50. The van der Waals surface area contributed by atoms with Gasteiger partial charge in [0.1, 0.15) is 5.75 Å². The van der Waals surface area contributed by atoms with Gasteiger partial charge >= 0.3 is 6.09 Å². The molecule has 0 N–H and O–H groups in total. The Bertz CT molecular complexity index is 445. The van der Waals surface area contributed by atoms with E-state index < -0.39 is 6.09 Å². The summed E-state index contributed by atoms with van der Waals surface area (Å²) in [4.78, 5) is 15.4. The van der Waals surface area contributed by atoms with Crippen LogP contribution in [0.25, 0.3) is 0 Å². The first-order valence-electron chi connectivity index (χ1n) is 6.04. The average molecular weight is 260 g/mol. The van der Waals surface area contributed by atoms with Crippen molar-refractivity contribution in [2.75, 3.05) is 32.1 Å². The fraction of sp³-hybridized carbons (Fsp3) is 0.267.